The van der Waals surface area contributed by atoms with Crippen molar-refractivity contribution in [1.82, 2.24) is 14.6 Å². The molecule has 1 aromatic carbocycles. The van der Waals surface area contributed by atoms with Gasteiger partial charge < -0.3 is 4.42 Å². The Kier molecular flexibility index (Phi) is 2.68. The molecule has 21 heavy (non-hydrogen) atoms. The molecule has 0 aliphatic heterocycles. The van der Waals surface area contributed by atoms with E-state index in [-0.39, 0.29) is 5.56 Å². The standard InChI is InChI=1S/C15H9N3O2S/c19-13-9-12(10-5-2-1-3-6-10)21-15-16-14(17-18(13)15)11-7-4-8-20-11/h1-9H. The number of nitrogens with zero attached hydrogens (tertiary/aromatic N) is 3. The summed E-state index contributed by atoms with van der Waals surface area (Å²) in [5, 5.41) is 4.20. The summed E-state index contributed by atoms with van der Waals surface area (Å²) in [7, 11) is 0. The largest absolute Gasteiger partial charge is 0.461 e. The molecule has 0 fully saturated rings. The van der Waals surface area contributed by atoms with Crippen LogP contribution in [0.1, 0.15) is 0 Å². The predicted octanol–water partition coefficient (Wildman–Crippen LogP) is 3.08. The Morgan fingerprint density at radius 3 is 2.71 bits per heavy atom. The van der Waals surface area contributed by atoms with Gasteiger partial charge in [-0.3, -0.25) is 4.79 Å². The third-order valence-corrected chi connectivity index (χ3v) is 4.06. The van der Waals surface area contributed by atoms with E-state index >= 15 is 0 Å². The van der Waals surface area contributed by atoms with Gasteiger partial charge in [0.2, 0.25) is 10.8 Å². The van der Waals surface area contributed by atoms with E-state index < -0.39 is 0 Å². The number of hydrogen-bond acceptors (Lipinski definition) is 5. The molecule has 0 N–H and O–H groups in total. The van der Waals surface area contributed by atoms with Crippen molar-refractivity contribution in [3.63, 3.8) is 0 Å². The van der Waals surface area contributed by atoms with Gasteiger partial charge >= 0.3 is 0 Å². The number of rotatable bonds is 2. The summed E-state index contributed by atoms with van der Waals surface area (Å²) in [6, 6.07) is 14.9. The Hall–Kier alpha value is -2.73. The van der Waals surface area contributed by atoms with Crippen molar-refractivity contribution in [2.45, 2.75) is 0 Å². The average molecular weight is 295 g/mol. The van der Waals surface area contributed by atoms with E-state index in [9.17, 15) is 4.79 Å². The highest BCUT2D eigenvalue weighted by Crippen LogP contribution is 2.25. The lowest BCUT2D eigenvalue weighted by molar-refractivity contribution is 0.577. The lowest BCUT2D eigenvalue weighted by atomic mass is 10.2. The van der Waals surface area contributed by atoms with Crippen LogP contribution in [0.4, 0.5) is 0 Å². The van der Waals surface area contributed by atoms with E-state index in [0.717, 1.165) is 10.4 Å². The van der Waals surface area contributed by atoms with E-state index in [4.69, 9.17) is 4.42 Å². The summed E-state index contributed by atoms with van der Waals surface area (Å²) in [5.41, 5.74) is 0.789. The first-order valence-electron chi connectivity index (χ1n) is 6.31. The van der Waals surface area contributed by atoms with Gasteiger partial charge in [-0.1, -0.05) is 41.7 Å². The smallest absolute Gasteiger partial charge is 0.275 e. The molecule has 0 saturated carbocycles. The zero-order valence-electron chi connectivity index (χ0n) is 10.8. The highest BCUT2D eigenvalue weighted by atomic mass is 32.1. The van der Waals surface area contributed by atoms with Crippen molar-refractivity contribution in [2.24, 2.45) is 0 Å². The monoisotopic (exact) mass is 295 g/mol. The molecule has 0 atom stereocenters. The van der Waals surface area contributed by atoms with Crippen LogP contribution >= 0.6 is 11.3 Å². The Labute approximate surface area is 123 Å². The van der Waals surface area contributed by atoms with Gasteiger partial charge in [-0.25, -0.2) is 0 Å². The molecule has 4 aromatic rings. The van der Waals surface area contributed by atoms with Crippen LogP contribution in [-0.2, 0) is 0 Å². The molecule has 3 aromatic heterocycles. The summed E-state index contributed by atoms with van der Waals surface area (Å²) in [5.74, 6) is 0.963. The third kappa shape index (κ3) is 2.05. The molecule has 3 heterocycles. The van der Waals surface area contributed by atoms with Gasteiger partial charge in [-0.15, -0.1) is 5.10 Å². The minimum absolute atomic E-state index is 0.201. The van der Waals surface area contributed by atoms with Crippen molar-refractivity contribution in [3.05, 3.63) is 65.1 Å². The van der Waals surface area contributed by atoms with Crippen LogP contribution in [0.5, 0.6) is 0 Å². The van der Waals surface area contributed by atoms with Crippen molar-refractivity contribution < 1.29 is 4.42 Å². The van der Waals surface area contributed by atoms with Gasteiger partial charge in [0.05, 0.1) is 6.26 Å². The van der Waals surface area contributed by atoms with E-state index in [1.165, 1.54) is 15.9 Å². The van der Waals surface area contributed by atoms with E-state index in [1.807, 2.05) is 30.3 Å². The maximum Gasteiger partial charge on any atom is 0.275 e. The molecule has 0 unspecified atom stereocenters. The molecule has 102 valence electrons. The minimum Gasteiger partial charge on any atom is -0.461 e. The van der Waals surface area contributed by atoms with E-state index in [1.54, 1.807) is 24.5 Å². The first-order chi connectivity index (χ1) is 10.3. The molecular formula is C15H9N3O2S. The summed E-state index contributed by atoms with van der Waals surface area (Å²) in [6.45, 7) is 0. The summed E-state index contributed by atoms with van der Waals surface area (Å²) < 4.78 is 6.57. The maximum absolute atomic E-state index is 12.2. The zero-order valence-corrected chi connectivity index (χ0v) is 11.6. The molecule has 0 amide bonds. The Morgan fingerprint density at radius 1 is 1.10 bits per heavy atom. The topological polar surface area (TPSA) is 60.4 Å². The van der Waals surface area contributed by atoms with Crippen molar-refractivity contribution >= 4 is 16.3 Å². The van der Waals surface area contributed by atoms with Crippen LogP contribution in [0.25, 0.3) is 27.0 Å². The number of furan rings is 1. The Balaban J connectivity index is 1.92. The fraction of sp³-hybridized carbons (Fsp3) is 0. The third-order valence-electron chi connectivity index (χ3n) is 3.04. The van der Waals surface area contributed by atoms with Crippen LogP contribution in [0.15, 0.2) is 64.0 Å². The average Bonchev–Trinajstić information content (AvgIpc) is 3.17. The molecule has 0 aliphatic carbocycles. The second-order valence-corrected chi connectivity index (χ2v) is 5.43. The maximum atomic E-state index is 12.2. The summed E-state index contributed by atoms with van der Waals surface area (Å²) in [4.78, 5) is 18.0. The predicted molar refractivity (Wildman–Crippen MR) is 80.3 cm³/mol. The van der Waals surface area contributed by atoms with Gasteiger partial charge in [0, 0.05) is 10.9 Å². The quantitative estimate of drug-likeness (QED) is 0.570. The van der Waals surface area contributed by atoms with Crippen LogP contribution < -0.4 is 5.56 Å². The van der Waals surface area contributed by atoms with E-state index in [2.05, 4.69) is 10.1 Å². The van der Waals surface area contributed by atoms with Crippen molar-refractivity contribution in [3.8, 4) is 22.0 Å². The van der Waals surface area contributed by atoms with Crippen LogP contribution in [0, 0.1) is 0 Å². The zero-order chi connectivity index (χ0) is 14.2. The summed E-state index contributed by atoms with van der Waals surface area (Å²) >= 11 is 1.42. The number of hydrogen-bond donors (Lipinski definition) is 0. The molecule has 6 heteroatoms. The van der Waals surface area contributed by atoms with E-state index in [0.29, 0.717) is 16.5 Å². The molecule has 0 spiro atoms. The van der Waals surface area contributed by atoms with Crippen molar-refractivity contribution in [1.29, 1.82) is 0 Å². The molecule has 0 bridgehead atoms. The molecular weight excluding hydrogens is 286 g/mol. The van der Waals surface area contributed by atoms with Gasteiger partial charge in [0.25, 0.3) is 5.56 Å². The molecule has 5 nitrogen and oxygen atoms in total. The number of aromatic nitrogens is 3. The van der Waals surface area contributed by atoms with Crippen LogP contribution in [0.2, 0.25) is 0 Å². The lowest BCUT2D eigenvalue weighted by Crippen LogP contribution is -2.11. The first kappa shape index (κ1) is 12.0. The van der Waals surface area contributed by atoms with Gasteiger partial charge in [0.15, 0.2) is 5.76 Å². The van der Waals surface area contributed by atoms with Crippen molar-refractivity contribution in [2.75, 3.05) is 0 Å². The number of benzene rings is 1. The lowest BCUT2D eigenvalue weighted by Gasteiger charge is -1.99. The molecule has 0 saturated heterocycles. The second-order valence-electron chi connectivity index (χ2n) is 4.42. The molecule has 0 aliphatic rings. The fourth-order valence-corrected chi connectivity index (χ4v) is 3.02. The summed E-state index contributed by atoms with van der Waals surface area (Å²) in [6.07, 6.45) is 1.55. The molecule has 0 radical (unpaired) electrons. The normalized spacial score (nSPS) is 11.0. The highest BCUT2D eigenvalue weighted by Gasteiger charge is 2.12. The Bertz CT molecular complexity index is 956. The number of fused-ring (bicyclic) bond motifs is 1. The fourth-order valence-electron chi connectivity index (χ4n) is 2.06. The van der Waals surface area contributed by atoms with Gasteiger partial charge in [0.1, 0.15) is 0 Å². The first-order valence-corrected chi connectivity index (χ1v) is 7.13. The van der Waals surface area contributed by atoms with Gasteiger partial charge in [-0.05, 0) is 17.7 Å². The SMILES string of the molecule is O=c1cc(-c2ccccc2)sc2nc(-c3ccco3)nn12. The van der Waals surface area contributed by atoms with Crippen LogP contribution in [0.3, 0.4) is 0 Å². The van der Waals surface area contributed by atoms with Gasteiger partial charge in [-0.2, -0.15) is 9.50 Å². The minimum atomic E-state index is -0.201. The highest BCUT2D eigenvalue weighted by molar-refractivity contribution is 7.19. The molecule has 4 rings (SSSR count). The Morgan fingerprint density at radius 2 is 1.95 bits per heavy atom. The van der Waals surface area contributed by atoms with Crippen LogP contribution in [-0.4, -0.2) is 14.6 Å². The second kappa shape index (κ2) is 4.68.